The number of Topliss-reactive ketones (excluding diaryl/α,β-unsaturated/α-hetero) is 1. The molecule has 0 aliphatic carbocycles. The summed E-state index contributed by atoms with van der Waals surface area (Å²) in [5.74, 6) is 1.43. The molecular weight excluding hydrogens is 188 g/mol. The molecule has 0 saturated carbocycles. The first-order valence-corrected chi connectivity index (χ1v) is 5.21. The molecule has 2 rings (SSSR count). The van der Waals surface area contributed by atoms with Crippen LogP contribution in [0, 0.1) is 0 Å². The van der Waals surface area contributed by atoms with Crippen LogP contribution in [0.1, 0.15) is 17.0 Å². The summed E-state index contributed by atoms with van der Waals surface area (Å²) < 4.78 is 10.3. The molecule has 1 fully saturated rings. The summed E-state index contributed by atoms with van der Waals surface area (Å²) in [5, 5.41) is 0. The Kier molecular flexibility index (Phi) is 2.71. The summed E-state index contributed by atoms with van der Waals surface area (Å²) in [4.78, 5) is 11.5. The average Bonchev–Trinajstić information content (AvgIpc) is 2.74. The predicted octanol–water partition coefficient (Wildman–Crippen LogP) is 1.94. The molecule has 1 aromatic heterocycles. The molecule has 13 heavy (non-hydrogen) atoms. The molecule has 0 N–H and O–H groups in total. The number of carbonyl (C=O) groups excluding carboxylic acids is 1. The van der Waals surface area contributed by atoms with Gasteiger partial charge in [0.25, 0.3) is 0 Å². The molecule has 1 aromatic rings. The fraction of sp³-hybridized carbons (Fsp3) is 0.444. The van der Waals surface area contributed by atoms with Gasteiger partial charge in [0, 0.05) is 12.2 Å². The largest absolute Gasteiger partial charge is 0.461 e. The van der Waals surface area contributed by atoms with Crippen LogP contribution < -0.4 is 0 Å². The van der Waals surface area contributed by atoms with Crippen molar-refractivity contribution in [1.29, 1.82) is 0 Å². The molecule has 1 saturated heterocycles. The predicted molar refractivity (Wildman–Crippen MR) is 49.9 cm³/mol. The van der Waals surface area contributed by atoms with Gasteiger partial charge >= 0.3 is 0 Å². The third kappa shape index (κ3) is 2.14. The fourth-order valence-electron chi connectivity index (χ4n) is 1.21. The van der Waals surface area contributed by atoms with Crippen LogP contribution >= 0.6 is 11.8 Å². The molecule has 0 amide bonds. The van der Waals surface area contributed by atoms with Crippen LogP contribution in [0.15, 0.2) is 22.8 Å². The second-order valence-electron chi connectivity index (χ2n) is 2.78. The number of ketones is 1. The van der Waals surface area contributed by atoms with Crippen molar-refractivity contribution < 1.29 is 13.9 Å². The molecule has 70 valence electrons. The van der Waals surface area contributed by atoms with E-state index >= 15 is 0 Å². The first-order chi connectivity index (χ1) is 6.36. The van der Waals surface area contributed by atoms with E-state index in [0.717, 1.165) is 12.4 Å². The highest BCUT2D eigenvalue weighted by Crippen LogP contribution is 2.24. The van der Waals surface area contributed by atoms with Gasteiger partial charge in [0.1, 0.15) is 5.44 Å². The zero-order valence-electron chi connectivity index (χ0n) is 7.06. The van der Waals surface area contributed by atoms with Crippen molar-refractivity contribution in [2.75, 3.05) is 12.4 Å². The van der Waals surface area contributed by atoms with Crippen LogP contribution in [0.3, 0.4) is 0 Å². The minimum absolute atomic E-state index is 0.0180. The van der Waals surface area contributed by atoms with Gasteiger partial charge in [0.2, 0.25) is 5.78 Å². The van der Waals surface area contributed by atoms with Crippen molar-refractivity contribution in [1.82, 2.24) is 0 Å². The maximum absolute atomic E-state index is 11.5. The molecule has 4 heteroatoms. The summed E-state index contributed by atoms with van der Waals surface area (Å²) in [6, 6.07) is 3.40. The number of thioether (sulfide) groups is 1. The van der Waals surface area contributed by atoms with Gasteiger partial charge in [-0.1, -0.05) is 0 Å². The summed E-state index contributed by atoms with van der Waals surface area (Å²) in [5.41, 5.74) is 0.0256. The van der Waals surface area contributed by atoms with Gasteiger partial charge in [0.15, 0.2) is 5.76 Å². The molecule has 0 spiro atoms. The SMILES string of the molecule is O=C(CC1OCCS1)c1ccco1. The van der Waals surface area contributed by atoms with Crippen LogP contribution in [0.4, 0.5) is 0 Å². The van der Waals surface area contributed by atoms with E-state index in [2.05, 4.69) is 0 Å². The number of hydrogen-bond donors (Lipinski definition) is 0. The van der Waals surface area contributed by atoms with Crippen LogP contribution in [-0.2, 0) is 4.74 Å². The summed E-state index contributed by atoms with van der Waals surface area (Å²) >= 11 is 1.68. The van der Waals surface area contributed by atoms with E-state index in [4.69, 9.17) is 9.15 Å². The van der Waals surface area contributed by atoms with Gasteiger partial charge in [-0.2, -0.15) is 0 Å². The van der Waals surface area contributed by atoms with Crippen molar-refractivity contribution in [2.24, 2.45) is 0 Å². The minimum atomic E-state index is 0.0180. The Hall–Kier alpha value is -0.740. The van der Waals surface area contributed by atoms with E-state index in [1.54, 1.807) is 23.9 Å². The highest BCUT2D eigenvalue weighted by atomic mass is 32.2. The lowest BCUT2D eigenvalue weighted by Crippen LogP contribution is -2.09. The Morgan fingerprint density at radius 2 is 2.62 bits per heavy atom. The maximum atomic E-state index is 11.5. The highest BCUT2D eigenvalue weighted by Gasteiger charge is 2.21. The lowest BCUT2D eigenvalue weighted by Gasteiger charge is -2.04. The van der Waals surface area contributed by atoms with Crippen molar-refractivity contribution in [3.8, 4) is 0 Å². The summed E-state index contributed by atoms with van der Waals surface area (Å²) in [6.45, 7) is 0.751. The van der Waals surface area contributed by atoms with Crippen molar-refractivity contribution in [3.05, 3.63) is 24.2 Å². The smallest absolute Gasteiger partial charge is 0.201 e. The zero-order valence-corrected chi connectivity index (χ0v) is 7.88. The van der Waals surface area contributed by atoms with Gasteiger partial charge in [-0.05, 0) is 12.1 Å². The fourth-order valence-corrected chi connectivity index (χ4v) is 2.13. The highest BCUT2D eigenvalue weighted by molar-refractivity contribution is 8.00. The first kappa shape index (κ1) is 8.84. The topological polar surface area (TPSA) is 39.4 Å². The molecule has 2 heterocycles. The lowest BCUT2D eigenvalue weighted by molar-refractivity contribution is 0.0850. The number of hydrogen-bond acceptors (Lipinski definition) is 4. The van der Waals surface area contributed by atoms with Gasteiger partial charge in [-0.3, -0.25) is 4.79 Å². The molecule has 1 aliphatic rings. The van der Waals surface area contributed by atoms with Gasteiger partial charge in [-0.25, -0.2) is 0 Å². The normalized spacial score (nSPS) is 22.0. The number of rotatable bonds is 3. The monoisotopic (exact) mass is 198 g/mol. The van der Waals surface area contributed by atoms with Gasteiger partial charge in [0.05, 0.1) is 12.9 Å². The lowest BCUT2D eigenvalue weighted by atomic mass is 10.2. The molecule has 0 bridgehead atoms. The van der Waals surface area contributed by atoms with Crippen molar-refractivity contribution in [3.63, 3.8) is 0 Å². The molecule has 1 aliphatic heterocycles. The Balaban J connectivity index is 1.91. The molecule has 0 radical (unpaired) electrons. The minimum Gasteiger partial charge on any atom is -0.461 e. The summed E-state index contributed by atoms with van der Waals surface area (Å²) in [6.07, 6.45) is 1.92. The first-order valence-electron chi connectivity index (χ1n) is 4.16. The second-order valence-corrected chi connectivity index (χ2v) is 4.04. The summed E-state index contributed by atoms with van der Waals surface area (Å²) in [7, 11) is 0. The number of carbonyl (C=O) groups is 1. The Labute approximate surface area is 80.4 Å². The Morgan fingerprint density at radius 1 is 1.69 bits per heavy atom. The van der Waals surface area contributed by atoms with E-state index in [1.807, 2.05) is 0 Å². The standard InChI is InChI=1S/C9H10O3S/c10-7(8-2-1-3-11-8)6-9-12-4-5-13-9/h1-3,9H,4-6H2. The van der Waals surface area contributed by atoms with Gasteiger partial charge < -0.3 is 9.15 Å². The molecule has 3 nitrogen and oxygen atoms in total. The number of ether oxygens (including phenoxy) is 1. The van der Waals surface area contributed by atoms with E-state index < -0.39 is 0 Å². The molecule has 1 unspecified atom stereocenters. The molecular formula is C9H10O3S. The van der Waals surface area contributed by atoms with Gasteiger partial charge in [-0.15, -0.1) is 11.8 Å². The van der Waals surface area contributed by atoms with Crippen LogP contribution in [-0.4, -0.2) is 23.6 Å². The van der Waals surface area contributed by atoms with Crippen LogP contribution in [0.25, 0.3) is 0 Å². The van der Waals surface area contributed by atoms with Crippen molar-refractivity contribution >= 4 is 17.5 Å². The maximum Gasteiger partial charge on any atom is 0.201 e. The van der Waals surface area contributed by atoms with Crippen LogP contribution in [0.2, 0.25) is 0 Å². The third-order valence-corrected chi connectivity index (χ3v) is 2.92. The van der Waals surface area contributed by atoms with Crippen molar-refractivity contribution in [2.45, 2.75) is 11.9 Å². The van der Waals surface area contributed by atoms with E-state index in [1.165, 1.54) is 6.26 Å². The third-order valence-electron chi connectivity index (χ3n) is 1.84. The van der Waals surface area contributed by atoms with E-state index in [9.17, 15) is 4.79 Å². The van der Waals surface area contributed by atoms with E-state index in [-0.39, 0.29) is 11.2 Å². The molecule has 1 atom stereocenters. The average molecular weight is 198 g/mol. The quantitative estimate of drug-likeness (QED) is 0.696. The Morgan fingerprint density at radius 3 is 3.23 bits per heavy atom. The second kappa shape index (κ2) is 3.98. The van der Waals surface area contributed by atoms with E-state index in [0.29, 0.717) is 12.2 Å². The Bertz CT molecular complexity index is 275. The molecule has 0 aromatic carbocycles. The van der Waals surface area contributed by atoms with Crippen LogP contribution in [0.5, 0.6) is 0 Å². The zero-order chi connectivity index (χ0) is 9.10. The number of furan rings is 1.